The molecule has 0 radical (unpaired) electrons. The third kappa shape index (κ3) is 17.4. The third-order valence-electron chi connectivity index (χ3n) is 9.90. The van der Waals surface area contributed by atoms with E-state index in [4.69, 9.17) is 18.9 Å². The summed E-state index contributed by atoms with van der Waals surface area (Å²) in [7, 11) is 0. The number of aliphatic hydroxyl groups is 8. The number of rotatable bonds is 28. The molecule has 9 N–H and O–H groups in total. The molecule has 2 aliphatic heterocycles. The van der Waals surface area contributed by atoms with Gasteiger partial charge in [0.1, 0.15) is 48.8 Å². The topological polar surface area (TPSA) is 228 Å². The van der Waals surface area contributed by atoms with Gasteiger partial charge in [-0.1, -0.05) is 102 Å². The van der Waals surface area contributed by atoms with E-state index in [0.29, 0.717) is 12.8 Å². The summed E-state index contributed by atoms with van der Waals surface area (Å²) in [4.78, 5) is 13.0. The van der Waals surface area contributed by atoms with Crippen LogP contribution in [0.1, 0.15) is 123 Å². The Bertz CT molecular complexity index is 998. The molecule has 0 aromatic carbocycles. The molecule has 2 saturated heterocycles. The third-order valence-corrected chi connectivity index (χ3v) is 9.90. The lowest BCUT2D eigenvalue weighted by molar-refractivity contribution is -0.359. The van der Waals surface area contributed by atoms with Crippen LogP contribution >= 0.6 is 0 Å². The number of hydrogen-bond acceptors (Lipinski definition) is 13. The molecule has 0 aromatic rings. The van der Waals surface area contributed by atoms with Crippen LogP contribution < -0.4 is 5.32 Å². The number of amides is 1. The maximum Gasteiger partial charge on any atom is 0.220 e. The Kier molecular flexibility index (Phi) is 25.1. The first-order chi connectivity index (χ1) is 25.6. The van der Waals surface area contributed by atoms with Gasteiger partial charge < -0.3 is 65.1 Å². The Balaban J connectivity index is 1.90. The van der Waals surface area contributed by atoms with Crippen molar-refractivity contribution in [3.8, 4) is 0 Å². The number of hydrogen-bond donors (Lipinski definition) is 9. The molecule has 0 aromatic heterocycles. The number of carbonyl (C=O) groups is 1. The van der Waals surface area contributed by atoms with E-state index in [1.165, 1.54) is 0 Å². The second kappa shape index (κ2) is 28.0. The second-order valence-electron chi connectivity index (χ2n) is 14.4. The zero-order valence-corrected chi connectivity index (χ0v) is 32.0. The molecule has 0 spiro atoms. The van der Waals surface area contributed by atoms with Crippen LogP contribution in [0.5, 0.6) is 0 Å². The van der Waals surface area contributed by atoms with Gasteiger partial charge in [-0.3, -0.25) is 4.79 Å². The fourth-order valence-electron chi connectivity index (χ4n) is 6.51. The maximum absolute atomic E-state index is 13.0. The number of nitrogens with one attached hydrogen (secondary N) is 1. The van der Waals surface area contributed by atoms with Gasteiger partial charge in [0, 0.05) is 6.42 Å². The van der Waals surface area contributed by atoms with Gasteiger partial charge in [-0.15, -0.1) is 0 Å². The molecule has 0 bridgehead atoms. The molecule has 2 heterocycles. The fourth-order valence-corrected chi connectivity index (χ4v) is 6.51. The van der Waals surface area contributed by atoms with E-state index >= 15 is 0 Å². The Morgan fingerprint density at radius 3 is 1.96 bits per heavy atom. The number of ether oxygens (including phenoxy) is 4. The SMILES string of the molecule is CCC/C=C\C/C=C\CCCCCCCC(=O)NC(COC1OC(CO)C(OC2OC(CO)C(O)C(O)C2O)C(O)C1O)C(O)CCCCCCCC. The molecular weight excluding hydrogens is 690 g/mol. The summed E-state index contributed by atoms with van der Waals surface area (Å²) in [5.41, 5.74) is 0. The summed E-state index contributed by atoms with van der Waals surface area (Å²) in [5.74, 6) is -0.231. The predicted molar refractivity (Wildman–Crippen MR) is 198 cm³/mol. The van der Waals surface area contributed by atoms with E-state index in [9.17, 15) is 45.6 Å². The van der Waals surface area contributed by atoms with Crippen molar-refractivity contribution in [2.24, 2.45) is 0 Å². The van der Waals surface area contributed by atoms with Gasteiger partial charge >= 0.3 is 0 Å². The first-order valence-electron chi connectivity index (χ1n) is 20.1. The minimum Gasteiger partial charge on any atom is -0.394 e. The molecule has 2 aliphatic rings. The molecule has 1 amide bonds. The minimum absolute atomic E-state index is 0.231. The normalized spacial score (nSPS) is 30.6. The van der Waals surface area contributed by atoms with Crippen molar-refractivity contribution in [3.63, 3.8) is 0 Å². The van der Waals surface area contributed by atoms with Gasteiger partial charge in [-0.25, -0.2) is 0 Å². The van der Waals surface area contributed by atoms with Crippen LogP contribution in [-0.2, 0) is 23.7 Å². The zero-order valence-electron chi connectivity index (χ0n) is 32.0. The van der Waals surface area contributed by atoms with E-state index in [1.807, 2.05) is 0 Å². The van der Waals surface area contributed by atoms with Gasteiger partial charge in [0.25, 0.3) is 0 Å². The molecule has 12 atom stereocenters. The highest BCUT2D eigenvalue weighted by atomic mass is 16.7. The van der Waals surface area contributed by atoms with Crippen LogP contribution in [0.25, 0.3) is 0 Å². The fraction of sp³-hybridized carbons (Fsp3) is 0.872. The molecular formula is C39H71NO13. The molecule has 12 unspecified atom stereocenters. The number of allylic oxidation sites excluding steroid dienone is 4. The molecule has 14 nitrogen and oxygen atoms in total. The predicted octanol–water partition coefficient (Wildman–Crippen LogP) is 2.26. The van der Waals surface area contributed by atoms with Crippen LogP contribution in [0.2, 0.25) is 0 Å². The van der Waals surface area contributed by atoms with Gasteiger partial charge in [0.05, 0.1) is 32.0 Å². The first kappa shape index (κ1) is 47.6. The molecule has 2 rings (SSSR count). The van der Waals surface area contributed by atoms with Crippen LogP contribution in [-0.4, -0.2) is 140 Å². The van der Waals surface area contributed by atoms with E-state index < -0.39 is 86.8 Å². The summed E-state index contributed by atoms with van der Waals surface area (Å²) >= 11 is 0. The zero-order chi connectivity index (χ0) is 39.0. The molecule has 53 heavy (non-hydrogen) atoms. The van der Waals surface area contributed by atoms with Crippen molar-refractivity contribution in [2.75, 3.05) is 19.8 Å². The summed E-state index contributed by atoms with van der Waals surface area (Å²) in [5, 5.41) is 86.0. The Morgan fingerprint density at radius 2 is 1.28 bits per heavy atom. The highest BCUT2D eigenvalue weighted by Gasteiger charge is 2.50. The van der Waals surface area contributed by atoms with E-state index in [0.717, 1.165) is 89.9 Å². The minimum atomic E-state index is -1.78. The Labute approximate surface area is 316 Å². The van der Waals surface area contributed by atoms with E-state index in [-0.39, 0.29) is 18.9 Å². The van der Waals surface area contributed by atoms with Crippen molar-refractivity contribution in [1.29, 1.82) is 0 Å². The smallest absolute Gasteiger partial charge is 0.220 e. The van der Waals surface area contributed by atoms with Crippen LogP contribution in [0.3, 0.4) is 0 Å². The van der Waals surface area contributed by atoms with E-state index in [2.05, 4.69) is 43.5 Å². The van der Waals surface area contributed by atoms with Gasteiger partial charge in [0.2, 0.25) is 5.91 Å². The number of unbranched alkanes of at least 4 members (excludes halogenated alkanes) is 11. The van der Waals surface area contributed by atoms with Crippen LogP contribution in [0.4, 0.5) is 0 Å². The van der Waals surface area contributed by atoms with Crippen LogP contribution in [0.15, 0.2) is 24.3 Å². The summed E-state index contributed by atoms with van der Waals surface area (Å²) < 4.78 is 22.5. The maximum atomic E-state index is 13.0. The number of aliphatic hydroxyl groups excluding tert-OH is 8. The first-order valence-corrected chi connectivity index (χ1v) is 20.1. The number of carbonyl (C=O) groups excluding carboxylic acids is 1. The lowest BCUT2D eigenvalue weighted by Gasteiger charge is -2.46. The van der Waals surface area contributed by atoms with Crippen molar-refractivity contribution >= 4 is 5.91 Å². The molecule has 310 valence electrons. The Morgan fingerprint density at radius 1 is 0.679 bits per heavy atom. The molecule has 0 saturated carbocycles. The molecule has 0 aliphatic carbocycles. The van der Waals surface area contributed by atoms with Crippen molar-refractivity contribution in [3.05, 3.63) is 24.3 Å². The summed E-state index contributed by atoms with van der Waals surface area (Å²) in [6.45, 7) is 2.65. The van der Waals surface area contributed by atoms with Gasteiger partial charge in [-0.05, 0) is 38.5 Å². The Hall–Kier alpha value is -1.53. The van der Waals surface area contributed by atoms with Crippen molar-refractivity contribution in [2.45, 2.75) is 197 Å². The average Bonchev–Trinajstić information content (AvgIpc) is 3.15. The lowest BCUT2D eigenvalue weighted by atomic mass is 9.97. The molecule has 2 fully saturated rings. The monoisotopic (exact) mass is 761 g/mol. The quantitative estimate of drug-likeness (QED) is 0.0413. The standard InChI is InChI=1S/C39H71NO13/c1-3-5-7-9-11-12-13-14-15-16-17-19-21-23-31(44)40-27(28(43)22-20-18-10-8-6-4-2)26-50-38-36(49)34(47)37(30(25-42)52-38)53-39-35(48)33(46)32(45)29(24-41)51-39/h7,9,12-13,27-30,32-39,41-43,45-49H,3-6,8,10-11,14-26H2,1-2H3,(H,40,44)/b9-7-,13-12-. The average molecular weight is 762 g/mol. The van der Waals surface area contributed by atoms with Crippen molar-refractivity contribution < 1.29 is 64.6 Å². The van der Waals surface area contributed by atoms with Gasteiger partial charge in [-0.2, -0.15) is 0 Å². The molecule has 14 heteroatoms. The lowest BCUT2D eigenvalue weighted by Crippen LogP contribution is -2.65. The van der Waals surface area contributed by atoms with Crippen LogP contribution in [0, 0.1) is 0 Å². The summed E-state index contributed by atoms with van der Waals surface area (Å²) in [6.07, 6.45) is 8.11. The highest BCUT2D eigenvalue weighted by Crippen LogP contribution is 2.30. The van der Waals surface area contributed by atoms with Crippen molar-refractivity contribution in [1.82, 2.24) is 5.32 Å². The summed E-state index contributed by atoms with van der Waals surface area (Å²) in [6, 6.07) is -0.828. The van der Waals surface area contributed by atoms with E-state index in [1.54, 1.807) is 0 Å². The second-order valence-corrected chi connectivity index (χ2v) is 14.4. The van der Waals surface area contributed by atoms with Gasteiger partial charge in [0.15, 0.2) is 12.6 Å². The largest absolute Gasteiger partial charge is 0.394 e. The highest BCUT2D eigenvalue weighted by molar-refractivity contribution is 5.76.